The molecule has 3 aromatic rings. The third-order valence-electron chi connectivity index (χ3n) is 6.08. The van der Waals surface area contributed by atoms with Gasteiger partial charge in [-0.1, -0.05) is 76.1 Å². The van der Waals surface area contributed by atoms with Crippen LogP contribution < -0.4 is 9.62 Å². The van der Waals surface area contributed by atoms with Crippen molar-refractivity contribution in [2.75, 3.05) is 23.7 Å². The third-order valence-corrected chi connectivity index (χ3v) is 8.14. The highest BCUT2D eigenvalue weighted by molar-refractivity contribution is 9.10. The summed E-state index contributed by atoms with van der Waals surface area (Å²) in [6.45, 7) is 3.54. The first kappa shape index (κ1) is 29.7. The first-order chi connectivity index (χ1) is 18.0. The van der Waals surface area contributed by atoms with Crippen molar-refractivity contribution in [3.05, 3.63) is 99.0 Å². The number of carbonyl (C=O) groups is 2. The van der Waals surface area contributed by atoms with Crippen LogP contribution in [0.4, 0.5) is 5.69 Å². The summed E-state index contributed by atoms with van der Waals surface area (Å²) >= 11 is 9.69. The second kappa shape index (κ2) is 13.3. The van der Waals surface area contributed by atoms with Gasteiger partial charge in [0, 0.05) is 29.0 Å². The molecule has 0 saturated heterocycles. The van der Waals surface area contributed by atoms with Crippen LogP contribution in [-0.4, -0.2) is 50.5 Å². The Bertz CT molecular complexity index is 1370. The van der Waals surface area contributed by atoms with Crippen molar-refractivity contribution < 1.29 is 18.0 Å². The molecule has 38 heavy (non-hydrogen) atoms. The van der Waals surface area contributed by atoms with E-state index in [9.17, 15) is 18.0 Å². The molecule has 1 N–H and O–H groups in total. The van der Waals surface area contributed by atoms with Gasteiger partial charge in [0.15, 0.2) is 0 Å². The van der Waals surface area contributed by atoms with Gasteiger partial charge in [-0.25, -0.2) is 8.42 Å². The van der Waals surface area contributed by atoms with Gasteiger partial charge in [0.05, 0.1) is 11.9 Å². The van der Waals surface area contributed by atoms with E-state index in [1.165, 1.54) is 4.90 Å². The number of amides is 2. The van der Waals surface area contributed by atoms with E-state index in [1.807, 2.05) is 61.5 Å². The van der Waals surface area contributed by atoms with E-state index in [1.54, 1.807) is 25.1 Å². The molecule has 0 saturated carbocycles. The maximum Gasteiger partial charge on any atom is 0.244 e. The Labute approximate surface area is 238 Å². The highest BCUT2D eigenvalue weighted by Crippen LogP contribution is 2.28. The van der Waals surface area contributed by atoms with Crippen molar-refractivity contribution in [3.8, 4) is 0 Å². The molecule has 10 heteroatoms. The number of hydrogen-bond donors (Lipinski definition) is 1. The van der Waals surface area contributed by atoms with Crippen molar-refractivity contribution in [3.63, 3.8) is 0 Å². The Balaban J connectivity index is 2.06. The summed E-state index contributed by atoms with van der Waals surface area (Å²) in [6.07, 6.45) is 1.31. The summed E-state index contributed by atoms with van der Waals surface area (Å²) in [5.41, 5.74) is 2.53. The smallest absolute Gasteiger partial charge is 0.244 e. The van der Waals surface area contributed by atoms with Crippen LogP contribution in [0.3, 0.4) is 0 Å². The van der Waals surface area contributed by atoms with E-state index in [0.717, 1.165) is 26.2 Å². The Kier molecular flexibility index (Phi) is 10.4. The second-order valence-electron chi connectivity index (χ2n) is 8.90. The number of benzene rings is 3. The second-order valence-corrected chi connectivity index (χ2v) is 12.1. The van der Waals surface area contributed by atoms with Gasteiger partial charge >= 0.3 is 0 Å². The SMILES string of the molecule is CCNC(=O)[C@@H](Cc1ccccc1)N(Cc1ccc(Br)cc1)C(=O)CN(c1cccc(Cl)c1C)S(C)(=O)=O. The van der Waals surface area contributed by atoms with Gasteiger partial charge in [0.1, 0.15) is 12.6 Å². The lowest BCUT2D eigenvalue weighted by atomic mass is 10.0. The summed E-state index contributed by atoms with van der Waals surface area (Å²) in [5, 5.41) is 3.23. The molecule has 2 amide bonds. The molecule has 0 bridgehead atoms. The standard InChI is InChI=1S/C28H31BrClN3O4S/c1-4-31-28(35)26(17-21-9-6-5-7-10-21)32(18-22-13-15-23(29)16-14-22)27(34)19-33(38(3,36)37)25-12-8-11-24(30)20(25)2/h5-16,26H,4,17-19H2,1-3H3,(H,31,35)/t26-/m1/s1. The number of likely N-dealkylation sites (N-methyl/N-ethyl adjacent to an activating group) is 1. The van der Waals surface area contributed by atoms with Crippen molar-refractivity contribution in [1.29, 1.82) is 0 Å². The van der Waals surface area contributed by atoms with Gasteiger partial charge in [0.25, 0.3) is 0 Å². The largest absolute Gasteiger partial charge is 0.355 e. The van der Waals surface area contributed by atoms with E-state index < -0.39 is 28.5 Å². The third kappa shape index (κ3) is 7.82. The Hall–Kier alpha value is -2.88. The van der Waals surface area contributed by atoms with Gasteiger partial charge in [-0.3, -0.25) is 13.9 Å². The van der Waals surface area contributed by atoms with Crippen molar-refractivity contribution in [2.24, 2.45) is 0 Å². The van der Waals surface area contributed by atoms with E-state index in [-0.39, 0.29) is 18.9 Å². The summed E-state index contributed by atoms with van der Waals surface area (Å²) in [6, 6.07) is 20.9. The number of hydrogen-bond acceptors (Lipinski definition) is 4. The fraction of sp³-hybridized carbons (Fsp3) is 0.286. The lowest BCUT2D eigenvalue weighted by Gasteiger charge is -2.33. The van der Waals surface area contributed by atoms with Crippen LogP contribution in [-0.2, 0) is 32.6 Å². The molecule has 0 unspecified atom stereocenters. The average Bonchev–Trinajstić information content (AvgIpc) is 2.87. The summed E-state index contributed by atoms with van der Waals surface area (Å²) in [7, 11) is -3.86. The summed E-state index contributed by atoms with van der Waals surface area (Å²) in [4.78, 5) is 28.8. The number of carbonyl (C=O) groups excluding carboxylic acids is 2. The maximum absolute atomic E-state index is 14.0. The minimum Gasteiger partial charge on any atom is -0.355 e. The van der Waals surface area contributed by atoms with Crippen LogP contribution >= 0.6 is 27.5 Å². The van der Waals surface area contributed by atoms with Crippen LogP contribution in [0, 0.1) is 6.92 Å². The molecule has 0 radical (unpaired) electrons. The first-order valence-corrected chi connectivity index (χ1v) is 15.1. The molecule has 0 spiro atoms. The van der Waals surface area contributed by atoms with Crippen molar-refractivity contribution in [2.45, 2.75) is 32.9 Å². The number of rotatable bonds is 11. The molecular formula is C28H31BrClN3O4S. The Morgan fingerprint density at radius 3 is 2.24 bits per heavy atom. The molecule has 202 valence electrons. The molecule has 0 heterocycles. The zero-order valence-electron chi connectivity index (χ0n) is 21.5. The van der Waals surface area contributed by atoms with E-state index in [4.69, 9.17) is 11.6 Å². The topological polar surface area (TPSA) is 86.8 Å². The zero-order valence-corrected chi connectivity index (χ0v) is 24.7. The molecule has 7 nitrogen and oxygen atoms in total. The number of nitrogens with one attached hydrogen (secondary N) is 1. The molecule has 0 aliphatic carbocycles. The van der Waals surface area contributed by atoms with Gasteiger partial charge in [-0.05, 0) is 54.8 Å². The molecular weight excluding hydrogens is 590 g/mol. The lowest BCUT2D eigenvalue weighted by molar-refractivity contribution is -0.140. The summed E-state index contributed by atoms with van der Waals surface area (Å²) < 4.78 is 27.7. The van der Waals surface area contributed by atoms with Crippen LogP contribution in [0.15, 0.2) is 77.3 Å². The molecule has 0 fully saturated rings. The highest BCUT2D eigenvalue weighted by Gasteiger charge is 2.33. The average molecular weight is 621 g/mol. The predicted molar refractivity (Wildman–Crippen MR) is 156 cm³/mol. The van der Waals surface area contributed by atoms with Gasteiger partial charge in [-0.15, -0.1) is 0 Å². The summed E-state index contributed by atoms with van der Waals surface area (Å²) in [5.74, 6) is -0.823. The molecule has 0 aliphatic heterocycles. The van der Waals surface area contributed by atoms with Crippen molar-refractivity contribution in [1.82, 2.24) is 10.2 Å². The normalized spacial score (nSPS) is 12.0. The quantitative estimate of drug-likeness (QED) is 0.329. The first-order valence-electron chi connectivity index (χ1n) is 12.1. The van der Waals surface area contributed by atoms with Crippen LogP contribution in [0.5, 0.6) is 0 Å². The van der Waals surface area contributed by atoms with Crippen molar-refractivity contribution >= 4 is 55.1 Å². The van der Waals surface area contributed by atoms with Gasteiger partial charge in [-0.2, -0.15) is 0 Å². The number of nitrogens with zero attached hydrogens (tertiary/aromatic N) is 2. The number of anilines is 1. The predicted octanol–water partition coefficient (Wildman–Crippen LogP) is 4.95. The fourth-order valence-corrected chi connectivity index (χ4v) is 5.43. The zero-order chi connectivity index (χ0) is 27.9. The molecule has 3 rings (SSSR count). The number of sulfonamides is 1. The Morgan fingerprint density at radius 1 is 0.974 bits per heavy atom. The van der Waals surface area contributed by atoms with Gasteiger partial charge < -0.3 is 10.2 Å². The van der Waals surface area contributed by atoms with E-state index in [0.29, 0.717) is 22.8 Å². The van der Waals surface area contributed by atoms with E-state index in [2.05, 4.69) is 21.2 Å². The van der Waals surface area contributed by atoms with E-state index >= 15 is 0 Å². The van der Waals surface area contributed by atoms with Crippen LogP contribution in [0.2, 0.25) is 5.02 Å². The monoisotopic (exact) mass is 619 g/mol. The molecule has 3 aromatic carbocycles. The molecule has 0 aromatic heterocycles. The van der Waals surface area contributed by atoms with Crippen LogP contribution in [0.1, 0.15) is 23.6 Å². The molecule has 0 aliphatic rings. The maximum atomic E-state index is 14.0. The fourth-order valence-electron chi connectivity index (χ4n) is 4.09. The van der Waals surface area contributed by atoms with Crippen LogP contribution in [0.25, 0.3) is 0 Å². The highest BCUT2D eigenvalue weighted by atomic mass is 79.9. The molecule has 1 atom stereocenters. The minimum atomic E-state index is -3.86. The Morgan fingerprint density at radius 2 is 1.63 bits per heavy atom. The number of halogens is 2. The minimum absolute atomic E-state index is 0.118. The van der Waals surface area contributed by atoms with Gasteiger partial charge in [0.2, 0.25) is 21.8 Å². The lowest BCUT2D eigenvalue weighted by Crippen LogP contribution is -2.53.